The van der Waals surface area contributed by atoms with E-state index in [9.17, 15) is 4.39 Å². The molecule has 2 N–H and O–H groups in total. The van der Waals surface area contributed by atoms with Crippen molar-refractivity contribution in [3.63, 3.8) is 0 Å². The number of nitrogen functional groups attached to an aromatic ring is 1. The number of nitrogens with zero attached hydrogens (tertiary/aromatic N) is 1. The molecule has 2 rings (SSSR count). The molecule has 1 aromatic carbocycles. The summed E-state index contributed by atoms with van der Waals surface area (Å²) in [4.78, 5) is 0. The zero-order valence-electron chi connectivity index (χ0n) is 7.30. The topological polar surface area (TPSA) is 52.0 Å². The Balaban J connectivity index is 2.55. The fourth-order valence-corrected chi connectivity index (χ4v) is 1.53. The van der Waals surface area contributed by atoms with Crippen LogP contribution in [-0.2, 0) is 0 Å². The van der Waals surface area contributed by atoms with E-state index in [0.717, 1.165) is 0 Å². The van der Waals surface area contributed by atoms with Gasteiger partial charge < -0.3 is 10.3 Å². The Morgan fingerprint density at radius 2 is 2.20 bits per heavy atom. The largest absolute Gasteiger partial charge is 0.380 e. The Bertz CT molecular complexity index is 515. The number of nitrogens with two attached hydrogens (primary N) is 1. The van der Waals surface area contributed by atoms with Gasteiger partial charge in [0.05, 0.1) is 4.47 Å². The van der Waals surface area contributed by atoms with Gasteiger partial charge in [0.25, 0.3) is 0 Å². The number of anilines is 1. The molecule has 6 heteroatoms. The molecule has 3 nitrogen and oxygen atoms in total. The number of rotatable bonds is 1. The van der Waals surface area contributed by atoms with E-state index in [0.29, 0.717) is 10.0 Å². The fraction of sp³-hybridized carbons (Fsp3) is 0. The van der Waals surface area contributed by atoms with Gasteiger partial charge in [-0.2, -0.15) is 0 Å². The molecular weight excluding hydrogens is 286 g/mol. The molecule has 0 saturated heterocycles. The van der Waals surface area contributed by atoms with Crippen LogP contribution in [0, 0.1) is 5.82 Å². The second kappa shape index (κ2) is 3.83. The van der Waals surface area contributed by atoms with Gasteiger partial charge in [-0.3, -0.25) is 0 Å². The Kier molecular flexibility index (Phi) is 2.67. The number of hydrogen-bond donors (Lipinski definition) is 1. The summed E-state index contributed by atoms with van der Waals surface area (Å²) in [5.41, 5.74) is 5.90. The highest BCUT2D eigenvalue weighted by Gasteiger charge is 2.14. The Morgan fingerprint density at radius 3 is 2.73 bits per heavy atom. The highest BCUT2D eigenvalue weighted by molar-refractivity contribution is 9.10. The van der Waals surface area contributed by atoms with Crippen LogP contribution in [0.1, 0.15) is 0 Å². The first-order chi connectivity index (χ1) is 7.09. The molecule has 0 unspecified atom stereocenters. The molecule has 0 saturated carbocycles. The predicted molar refractivity (Wildman–Crippen MR) is 59.0 cm³/mol. The smallest absolute Gasteiger partial charge is 0.187 e. The van der Waals surface area contributed by atoms with Gasteiger partial charge in [-0.05, 0) is 34.1 Å². The van der Waals surface area contributed by atoms with Crippen LogP contribution in [0.5, 0.6) is 0 Å². The molecule has 0 atom stereocenters. The molecule has 0 aliphatic heterocycles. The van der Waals surface area contributed by atoms with Crippen LogP contribution in [0.3, 0.4) is 0 Å². The molecule has 0 aliphatic rings. The Hall–Kier alpha value is -1.07. The van der Waals surface area contributed by atoms with Crippen molar-refractivity contribution in [2.75, 3.05) is 5.73 Å². The Labute approximate surface area is 98.1 Å². The predicted octanol–water partition coefficient (Wildman–Crippen LogP) is 3.48. The standard InChI is InChI=1S/C9H5BrClFN2O/c10-5-2-1-4(3-6(5)12)8-7(11)9(13)14-15-8/h1-3H,(H2,13,14). The summed E-state index contributed by atoms with van der Waals surface area (Å²) >= 11 is 8.87. The van der Waals surface area contributed by atoms with Gasteiger partial charge in [0.2, 0.25) is 0 Å². The van der Waals surface area contributed by atoms with Crippen molar-refractivity contribution in [2.24, 2.45) is 0 Å². The quantitative estimate of drug-likeness (QED) is 0.875. The minimum Gasteiger partial charge on any atom is -0.380 e. The van der Waals surface area contributed by atoms with Crippen LogP contribution in [0.4, 0.5) is 10.2 Å². The Morgan fingerprint density at radius 1 is 1.47 bits per heavy atom. The van der Waals surface area contributed by atoms with Gasteiger partial charge in [-0.1, -0.05) is 16.8 Å². The summed E-state index contributed by atoms with van der Waals surface area (Å²) in [5.74, 6) is -0.0471. The summed E-state index contributed by atoms with van der Waals surface area (Å²) in [6.45, 7) is 0. The van der Waals surface area contributed by atoms with E-state index >= 15 is 0 Å². The van der Waals surface area contributed by atoms with E-state index in [4.69, 9.17) is 21.9 Å². The van der Waals surface area contributed by atoms with Crippen LogP contribution in [0.15, 0.2) is 27.2 Å². The number of hydrogen-bond acceptors (Lipinski definition) is 3. The molecule has 1 heterocycles. The summed E-state index contributed by atoms with van der Waals surface area (Å²) in [5, 5.41) is 3.67. The van der Waals surface area contributed by atoms with Crippen molar-refractivity contribution >= 4 is 33.3 Å². The third kappa shape index (κ3) is 1.85. The van der Waals surface area contributed by atoms with Crippen LogP contribution in [0.25, 0.3) is 11.3 Å². The maximum absolute atomic E-state index is 13.2. The van der Waals surface area contributed by atoms with E-state index in [1.807, 2.05) is 0 Å². The van der Waals surface area contributed by atoms with Gasteiger partial charge in [0, 0.05) is 5.56 Å². The van der Waals surface area contributed by atoms with Gasteiger partial charge >= 0.3 is 0 Å². The lowest BCUT2D eigenvalue weighted by Crippen LogP contribution is -1.84. The molecule has 0 spiro atoms. The second-order valence-corrected chi connectivity index (χ2v) is 4.07. The normalized spacial score (nSPS) is 10.6. The SMILES string of the molecule is Nc1noc(-c2ccc(Br)c(F)c2)c1Cl. The van der Waals surface area contributed by atoms with Crippen molar-refractivity contribution < 1.29 is 8.91 Å². The van der Waals surface area contributed by atoms with Crippen LogP contribution in [-0.4, -0.2) is 5.16 Å². The first-order valence-corrected chi connectivity index (χ1v) is 5.12. The van der Waals surface area contributed by atoms with Crippen LogP contribution < -0.4 is 5.73 Å². The van der Waals surface area contributed by atoms with E-state index in [1.54, 1.807) is 12.1 Å². The van der Waals surface area contributed by atoms with E-state index < -0.39 is 5.82 Å². The minimum absolute atomic E-state index is 0.0926. The highest BCUT2D eigenvalue weighted by atomic mass is 79.9. The third-order valence-electron chi connectivity index (χ3n) is 1.84. The molecular formula is C9H5BrClFN2O. The summed E-state index contributed by atoms with van der Waals surface area (Å²) in [7, 11) is 0. The van der Waals surface area contributed by atoms with Crippen LogP contribution in [0.2, 0.25) is 5.02 Å². The molecule has 15 heavy (non-hydrogen) atoms. The van der Waals surface area contributed by atoms with E-state index in [2.05, 4.69) is 21.1 Å². The first kappa shape index (κ1) is 10.4. The van der Waals surface area contributed by atoms with Crippen molar-refractivity contribution in [2.45, 2.75) is 0 Å². The van der Waals surface area contributed by atoms with E-state index in [-0.39, 0.29) is 16.6 Å². The molecule has 0 radical (unpaired) electrons. The zero-order valence-corrected chi connectivity index (χ0v) is 9.64. The molecule has 0 fully saturated rings. The number of halogens is 3. The van der Waals surface area contributed by atoms with Crippen molar-refractivity contribution in [3.05, 3.63) is 33.5 Å². The molecule has 1 aromatic heterocycles. The van der Waals surface area contributed by atoms with Crippen molar-refractivity contribution in [1.82, 2.24) is 5.16 Å². The molecule has 0 bridgehead atoms. The molecule has 0 aliphatic carbocycles. The lowest BCUT2D eigenvalue weighted by Gasteiger charge is -1.98. The average molecular weight is 292 g/mol. The van der Waals surface area contributed by atoms with Gasteiger partial charge in [-0.15, -0.1) is 0 Å². The summed E-state index contributed by atoms with van der Waals surface area (Å²) in [6, 6.07) is 4.49. The van der Waals surface area contributed by atoms with Crippen molar-refractivity contribution in [3.8, 4) is 11.3 Å². The van der Waals surface area contributed by atoms with Crippen LogP contribution >= 0.6 is 27.5 Å². The maximum Gasteiger partial charge on any atom is 0.187 e. The average Bonchev–Trinajstić information content (AvgIpc) is 2.53. The van der Waals surface area contributed by atoms with E-state index in [1.165, 1.54) is 6.07 Å². The summed E-state index contributed by atoms with van der Waals surface area (Å²) < 4.78 is 18.5. The highest BCUT2D eigenvalue weighted by Crippen LogP contribution is 2.33. The molecule has 78 valence electrons. The lowest BCUT2D eigenvalue weighted by atomic mass is 10.2. The fourth-order valence-electron chi connectivity index (χ4n) is 1.11. The lowest BCUT2D eigenvalue weighted by molar-refractivity contribution is 0.435. The third-order valence-corrected chi connectivity index (χ3v) is 2.85. The minimum atomic E-state index is -0.404. The first-order valence-electron chi connectivity index (χ1n) is 3.95. The van der Waals surface area contributed by atoms with Gasteiger partial charge in [0.1, 0.15) is 10.8 Å². The van der Waals surface area contributed by atoms with Crippen molar-refractivity contribution in [1.29, 1.82) is 0 Å². The number of benzene rings is 1. The molecule has 0 amide bonds. The summed E-state index contributed by atoms with van der Waals surface area (Å²) in [6.07, 6.45) is 0. The second-order valence-electron chi connectivity index (χ2n) is 2.84. The zero-order chi connectivity index (χ0) is 11.0. The molecule has 2 aromatic rings. The monoisotopic (exact) mass is 290 g/mol. The number of aromatic nitrogens is 1. The van der Waals surface area contributed by atoms with Gasteiger partial charge in [-0.25, -0.2) is 4.39 Å². The van der Waals surface area contributed by atoms with Gasteiger partial charge in [0.15, 0.2) is 11.6 Å². The maximum atomic E-state index is 13.2.